The van der Waals surface area contributed by atoms with E-state index in [0.717, 1.165) is 11.8 Å². The third-order valence-corrected chi connectivity index (χ3v) is 4.20. The number of benzene rings is 1. The summed E-state index contributed by atoms with van der Waals surface area (Å²) in [5.74, 6) is 0.207. The van der Waals surface area contributed by atoms with Gasteiger partial charge in [0.1, 0.15) is 11.6 Å². The molecule has 1 unspecified atom stereocenters. The number of nitrogen functional groups attached to an aromatic ring is 2. The second kappa shape index (κ2) is 7.04. The van der Waals surface area contributed by atoms with Gasteiger partial charge in [0, 0.05) is 6.07 Å². The molecule has 9 heteroatoms. The number of thioether (sulfide) groups is 1. The van der Waals surface area contributed by atoms with E-state index in [-0.39, 0.29) is 17.5 Å². The Morgan fingerprint density at radius 2 is 1.77 bits per heavy atom. The first-order chi connectivity index (χ1) is 10.4. The predicted octanol–water partition coefficient (Wildman–Crippen LogP) is 3.07. The molecule has 1 aromatic carbocycles. The van der Waals surface area contributed by atoms with Crippen LogP contribution < -0.4 is 16.8 Å². The molecule has 0 bridgehead atoms. The van der Waals surface area contributed by atoms with Crippen molar-refractivity contribution < 1.29 is 4.79 Å². The van der Waals surface area contributed by atoms with E-state index < -0.39 is 5.25 Å². The molecule has 0 saturated heterocycles. The number of hydrogen-bond donors (Lipinski definition) is 3. The highest BCUT2D eigenvalue weighted by atomic mass is 35.5. The molecule has 5 N–H and O–H groups in total. The van der Waals surface area contributed by atoms with Crippen molar-refractivity contribution >= 4 is 58.2 Å². The van der Waals surface area contributed by atoms with Crippen LogP contribution in [0.2, 0.25) is 10.0 Å². The number of halogens is 2. The smallest absolute Gasteiger partial charge is 0.237 e. The summed E-state index contributed by atoms with van der Waals surface area (Å²) in [5.41, 5.74) is 11.6. The topological polar surface area (TPSA) is 107 Å². The largest absolute Gasteiger partial charge is 0.383 e. The van der Waals surface area contributed by atoms with Crippen molar-refractivity contribution in [2.24, 2.45) is 0 Å². The average Bonchev–Trinajstić information content (AvgIpc) is 2.41. The number of nitrogens with two attached hydrogens (primary N) is 2. The van der Waals surface area contributed by atoms with Crippen molar-refractivity contribution in [3.8, 4) is 0 Å². The Bertz CT molecular complexity index is 672. The molecule has 22 heavy (non-hydrogen) atoms. The van der Waals surface area contributed by atoms with Crippen LogP contribution in [0.5, 0.6) is 0 Å². The second-order valence-corrected chi connectivity index (χ2v) is 6.47. The van der Waals surface area contributed by atoms with Crippen LogP contribution in [0.15, 0.2) is 29.4 Å². The lowest BCUT2D eigenvalue weighted by Crippen LogP contribution is -2.23. The van der Waals surface area contributed by atoms with E-state index in [1.54, 1.807) is 25.1 Å². The Morgan fingerprint density at radius 1 is 1.23 bits per heavy atom. The highest BCUT2D eigenvalue weighted by molar-refractivity contribution is 8.00. The fourth-order valence-electron chi connectivity index (χ4n) is 1.57. The molecule has 0 aliphatic heterocycles. The summed E-state index contributed by atoms with van der Waals surface area (Å²) in [6.07, 6.45) is 0. The van der Waals surface area contributed by atoms with E-state index in [1.165, 1.54) is 6.07 Å². The van der Waals surface area contributed by atoms with Gasteiger partial charge >= 0.3 is 0 Å². The quantitative estimate of drug-likeness (QED) is 0.573. The summed E-state index contributed by atoms with van der Waals surface area (Å²) < 4.78 is 0. The molecule has 6 nitrogen and oxygen atoms in total. The molecule has 1 amide bonds. The average molecular weight is 358 g/mol. The number of aromatic nitrogens is 2. The Balaban J connectivity index is 2.09. The number of hydrogen-bond acceptors (Lipinski definition) is 6. The van der Waals surface area contributed by atoms with Crippen LogP contribution in [0.3, 0.4) is 0 Å². The van der Waals surface area contributed by atoms with Crippen molar-refractivity contribution in [3.05, 3.63) is 34.3 Å². The molecule has 0 fully saturated rings. The van der Waals surface area contributed by atoms with Crippen molar-refractivity contribution in [1.82, 2.24) is 9.97 Å². The van der Waals surface area contributed by atoms with Crippen molar-refractivity contribution in [2.45, 2.75) is 17.3 Å². The zero-order valence-electron chi connectivity index (χ0n) is 11.5. The van der Waals surface area contributed by atoms with Gasteiger partial charge in [0.15, 0.2) is 5.16 Å². The molecule has 0 aliphatic carbocycles. The lowest BCUT2D eigenvalue weighted by atomic mass is 10.3. The van der Waals surface area contributed by atoms with Gasteiger partial charge in [-0.25, -0.2) is 9.97 Å². The maximum atomic E-state index is 12.2. The number of anilines is 3. The van der Waals surface area contributed by atoms with Gasteiger partial charge in [0.05, 0.1) is 21.0 Å². The van der Waals surface area contributed by atoms with Crippen LogP contribution >= 0.6 is 35.0 Å². The number of nitrogens with zero attached hydrogens (tertiary/aromatic N) is 2. The van der Waals surface area contributed by atoms with Gasteiger partial charge in [-0.1, -0.05) is 41.0 Å². The molecule has 116 valence electrons. The molecule has 0 aliphatic rings. The van der Waals surface area contributed by atoms with Gasteiger partial charge in [-0.2, -0.15) is 0 Å². The molecule has 0 spiro atoms. The Morgan fingerprint density at radius 3 is 2.32 bits per heavy atom. The monoisotopic (exact) mass is 357 g/mol. The summed E-state index contributed by atoms with van der Waals surface area (Å²) in [7, 11) is 0. The van der Waals surface area contributed by atoms with Crippen molar-refractivity contribution in [2.75, 3.05) is 16.8 Å². The highest BCUT2D eigenvalue weighted by Crippen LogP contribution is 2.31. The van der Waals surface area contributed by atoms with Crippen molar-refractivity contribution in [3.63, 3.8) is 0 Å². The standard InChI is InChI=1S/C13H13Cl2N5OS/c1-6(22-13-18-9(16)5-10(17)19-13)12(21)20-11-7(14)3-2-4-8(11)15/h2-6H,1H3,(H,20,21)(H4,16,17,18,19). The molecular formula is C13H13Cl2N5OS. The zero-order chi connectivity index (χ0) is 16.3. The Kier molecular flexibility index (Phi) is 5.33. The third-order valence-electron chi connectivity index (χ3n) is 2.61. The fraction of sp³-hybridized carbons (Fsp3) is 0.154. The fourth-order valence-corrected chi connectivity index (χ4v) is 2.86. The molecule has 0 saturated carbocycles. The number of nitrogens with one attached hydrogen (secondary N) is 1. The summed E-state index contributed by atoms with van der Waals surface area (Å²) in [4.78, 5) is 20.3. The predicted molar refractivity (Wildman–Crippen MR) is 91.3 cm³/mol. The van der Waals surface area contributed by atoms with E-state index in [4.69, 9.17) is 34.7 Å². The Hall–Kier alpha value is -1.70. The first-order valence-electron chi connectivity index (χ1n) is 6.18. The summed E-state index contributed by atoms with van der Waals surface area (Å²) >= 11 is 13.2. The van der Waals surface area contributed by atoms with Crippen LogP contribution in [-0.4, -0.2) is 21.1 Å². The Labute approximate surface area is 141 Å². The normalized spacial score (nSPS) is 12.0. The van der Waals surface area contributed by atoms with Crippen LogP contribution in [0, 0.1) is 0 Å². The molecule has 0 radical (unpaired) electrons. The molecule has 1 atom stereocenters. The van der Waals surface area contributed by atoms with Gasteiger partial charge in [0.2, 0.25) is 5.91 Å². The minimum absolute atomic E-state index is 0.247. The number of carbonyl (C=O) groups is 1. The number of carbonyl (C=O) groups excluding carboxylic acids is 1. The third kappa shape index (κ3) is 4.16. The molecule has 1 heterocycles. The van der Waals surface area contributed by atoms with Crippen LogP contribution in [0.1, 0.15) is 6.92 Å². The maximum Gasteiger partial charge on any atom is 0.237 e. The zero-order valence-corrected chi connectivity index (χ0v) is 13.8. The lowest BCUT2D eigenvalue weighted by molar-refractivity contribution is -0.115. The second-order valence-electron chi connectivity index (χ2n) is 4.35. The van der Waals surface area contributed by atoms with Gasteiger partial charge in [-0.3, -0.25) is 4.79 Å². The van der Waals surface area contributed by atoms with Crippen molar-refractivity contribution in [1.29, 1.82) is 0 Å². The SMILES string of the molecule is CC(Sc1nc(N)cc(N)n1)C(=O)Nc1c(Cl)cccc1Cl. The van der Waals surface area contributed by atoms with Gasteiger partial charge in [-0.15, -0.1) is 0 Å². The maximum absolute atomic E-state index is 12.2. The van der Waals surface area contributed by atoms with Crippen LogP contribution in [0.25, 0.3) is 0 Å². The molecular weight excluding hydrogens is 345 g/mol. The lowest BCUT2D eigenvalue weighted by Gasteiger charge is -2.13. The van der Waals surface area contributed by atoms with E-state index in [0.29, 0.717) is 20.9 Å². The first kappa shape index (κ1) is 16.7. The van der Waals surface area contributed by atoms with Gasteiger partial charge in [-0.05, 0) is 19.1 Å². The number of para-hydroxylation sites is 1. The minimum Gasteiger partial charge on any atom is -0.383 e. The highest BCUT2D eigenvalue weighted by Gasteiger charge is 2.18. The number of amides is 1. The van der Waals surface area contributed by atoms with Gasteiger partial charge < -0.3 is 16.8 Å². The minimum atomic E-state index is -0.492. The summed E-state index contributed by atoms with van der Waals surface area (Å²) in [5, 5.41) is 3.25. The molecule has 1 aromatic heterocycles. The summed E-state index contributed by atoms with van der Waals surface area (Å²) in [6.45, 7) is 1.70. The van der Waals surface area contributed by atoms with E-state index in [2.05, 4.69) is 15.3 Å². The summed E-state index contributed by atoms with van der Waals surface area (Å²) in [6, 6.07) is 6.42. The molecule has 2 rings (SSSR count). The van der Waals surface area contributed by atoms with Gasteiger partial charge in [0.25, 0.3) is 0 Å². The van der Waals surface area contributed by atoms with Crippen LogP contribution in [0.4, 0.5) is 17.3 Å². The van der Waals surface area contributed by atoms with E-state index in [1.807, 2.05) is 0 Å². The molecule has 2 aromatic rings. The number of rotatable bonds is 4. The van der Waals surface area contributed by atoms with Crippen LogP contribution in [-0.2, 0) is 4.79 Å². The first-order valence-corrected chi connectivity index (χ1v) is 7.82. The van der Waals surface area contributed by atoms with E-state index in [9.17, 15) is 4.79 Å². The van der Waals surface area contributed by atoms with E-state index >= 15 is 0 Å².